The number of hydrogen-bond donors (Lipinski definition) is 1. The normalized spacial score (nSPS) is 14.0. The number of carbonyl (C=O) groups is 3. The first-order valence-electron chi connectivity index (χ1n) is 8.49. The molecule has 1 aliphatic rings. The number of benzene rings is 1. The summed E-state index contributed by atoms with van der Waals surface area (Å²) >= 11 is 0. The Morgan fingerprint density at radius 3 is 2.56 bits per heavy atom. The molecule has 8 heteroatoms. The van der Waals surface area contributed by atoms with Gasteiger partial charge in [-0.2, -0.15) is 0 Å². The van der Waals surface area contributed by atoms with Gasteiger partial charge in [-0.3, -0.25) is 24.2 Å². The fourth-order valence-electron chi connectivity index (χ4n) is 2.99. The van der Waals surface area contributed by atoms with Gasteiger partial charge < -0.3 is 9.72 Å². The molecule has 140 valence electrons. The molecule has 1 fully saturated rings. The van der Waals surface area contributed by atoms with Crippen molar-refractivity contribution in [2.45, 2.75) is 13.8 Å². The van der Waals surface area contributed by atoms with Gasteiger partial charge in [-0.15, -0.1) is 0 Å². The van der Waals surface area contributed by atoms with Gasteiger partial charge >= 0.3 is 12.0 Å². The first-order chi connectivity index (χ1) is 12.9. The van der Waals surface area contributed by atoms with E-state index in [4.69, 9.17) is 4.74 Å². The van der Waals surface area contributed by atoms with E-state index in [2.05, 4.69) is 4.98 Å². The van der Waals surface area contributed by atoms with E-state index in [1.54, 1.807) is 19.9 Å². The average Bonchev–Trinajstić information content (AvgIpc) is 2.90. The summed E-state index contributed by atoms with van der Waals surface area (Å²) in [5.74, 6) is -1.24. The lowest BCUT2D eigenvalue weighted by atomic mass is 10.0. The molecule has 1 saturated heterocycles. The van der Waals surface area contributed by atoms with Gasteiger partial charge in [0.15, 0.2) is 0 Å². The molecule has 3 rings (SSSR count). The minimum Gasteiger partial charge on any atom is -0.465 e. The SMILES string of the molecule is CCOC(=O)CN1C(=O)CN(c2c(-c3ccccc3)cc(C)[nH]c2=O)C1=O. The number of rotatable bonds is 5. The lowest BCUT2D eigenvalue weighted by molar-refractivity contribution is -0.146. The maximum absolute atomic E-state index is 12.7. The molecule has 0 atom stereocenters. The number of imide groups is 1. The lowest BCUT2D eigenvalue weighted by Gasteiger charge is -2.19. The smallest absolute Gasteiger partial charge is 0.332 e. The Morgan fingerprint density at radius 2 is 1.89 bits per heavy atom. The van der Waals surface area contributed by atoms with Crippen LogP contribution in [-0.4, -0.2) is 47.5 Å². The highest BCUT2D eigenvalue weighted by atomic mass is 16.5. The molecule has 0 bridgehead atoms. The first kappa shape index (κ1) is 18.4. The topological polar surface area (TPSA) is 99.8 Å². The number of esters is 1. The Labute approximate surface area is 155 Å². The number of aryl methyl sites for hydroxylation is 1. The highest BCUT2D eigenvalue weighted by Gasteiger charge is 2.40. The molecule has 0 radical (unpaired) electrons. The molecule has 0 aliphatic carbocycles. The van der Waals surface area contributed by atoms with Crippen molar-refractivity contribution in [1.29, 1.82) is 0 Å². The van der Waals surface area contributed by atoms with Crippen LogP contribution in [0.5, 0.6) is 0 Å². The molecule has 2 heterocycles. The van der Waals surface area contributed by atoms with E-state index in [9.17, 15) is 19.2 Å². The van der Waals surface area contributed by atoms with Crippen LogP contribution in [0.3, 0.4) is 0 Å². The molecular formula is C19H19N3O5. The van der Waals surface area contributed by atoms with E-state index in [1.807, 2.05) is 30.3 Å². The molecule has 0 saturated carbocycles. The zero-order valence-electron chi connectivity index (χ0n) is 15.0. The third kappa shape index (κ3) is 3.59. The molecule has 1 aliphatic heterocycles. The van der Waals surface area contributed by atoms with Gasteiger partial charge in [0, 0.05) is 11.3 Å². The zero-order valence-corrected chi connectivity index (χ0v) is 15.0. The molecule has 2 aromatic rings. The number of anilines is 1. The number of H-pyrrole nitrogens is 1. The van der Waals surface area contributed by atoms with Crippen molar-refractivity contribution in [3.8, 4) is 11.1 Å². The van der Waals surface area contributed by atoms with E-state index < -0.39 is 30.0 Å². The van der Waals surface area contributed by atoms with Gasteiger partial charge in [-0.1, -0.05) is 30.3 Å². The van der Waals surface area contributed by atoms with Crippen LogP contribution in [0, 0.1) is 6.92 Å². The van der Waals surface area contributed by atoms with Crippen molar-refractivity contribution < 1.29 is 19.1 Å². The number of amides is 3. The second-order valence-corrected chi connectivity index (χ2v) is 6.06. The highest BCUT2D eigenvalue weighted by molar-refractivity contribution is 6.14. The number of nitrogens with one attached hydrogen (secondary N) is 1. The summed E-state index contributed by atoms with van der Waals surface area (Å²) in [6.45, 7) is 2.72. The lowest BCUT2D eigenvalue weighted by Crippen LogP contribution is -2.39. The van der Waals surface area contributed by atoms with Crippen LogP contribution in [0.25, 0.3) is 11.1 Å². The molecule has 27 heavy (non-hydrogen) atoms. The Bertz CT molecular complexity index is 952. The maximum atomic E-state index is 12.7. The van der Waals surface area contributed by atoms with E-state index in [0.29, 0.717) is 11.3 Å². The first-order valence-corrected chi connectivity index (χ1v) is 8.49. The van der Waals surface area contributed by atoms with Crippen molar-refractivity contribution in [1.82, 2.24) is 9.88 Å². The fourth-order valence-corrected chi connectivity index (χ4v) is 2.99. The van der Waals surface area contributed by atoms with Gasteiger partial charge in [0.25, 0.3) is 11.5 Å². The van der Waals surface area contributed by atoms with Crippen LogP contribution in [-0.2, 0) is 14.3 Å². The van der Waals surface area contributed by atoms with E-state index in [0.717, 1.165) is 15.4 Å². The molecule has 1 N–H and O–H groups in total. The van der Waals surface area contributed by atoms with Crippen molar-refractivity contribution >= 4 is 23.6 Å². The summed E-state index contributed by atoms with van der Waals surface area (Å²) in [5.41, 5.74) is 1.51. The van der Waals surface area contributed by atoms with Crippen LogP contribution in [0.1, 0.15) is 12.6 Å². The summed E-state index contributed by atoms with van der Waals surface area (Å²) in [6.07, 6.45) is 0. The molecule has 8 nitrogen and oxygen atoms in total. The Balaban J connectivity index is 2.02. The molecule has 3 amide bonds. The third-order valence-corrected chi connectivity index (χ3v) is 4.15. The maximum Gasteiger partial charge on any atom is 0.332 e. The second kappa shape index (κ2) is 7.45. The number of urea groups is 1. The quantitative estimate of drug-likeness (QED) is 0.638. The summed E-state index contributed by atoms with van der Waals surface area (Å²) in [6, 6.07) is 10.1. The average molecular weight is 369 g/mol. The van der Waals surface area contributed by atoms with Gasteiger partial charge in [0.2, 0.25) is 0 Å². The Morgan fingerprint density at radius 1 is 1.19 bits per heavy atom. The number of carbonyl (C=O) groups excluding carboxylic acids is 3. The summed E-state index contributed by atoms with van der Waals surface area (Å²) in [5, 5.41) is 0. The van der Waals surface area contributed by atoms with Crippen LogP contribution >= 0.6 is 0 Å². The molecule has 0 unspecified atom stereocenters. The van der Waals surface area contributed by atoms with Crippen molar-refractivity contribution in [3.63, 3.8) is 0 Å². The predicted octanol–water partition coefficient (Wildman–Crippen LogP) is 1.68. The van der Waals surface area contributed by atoms with Crippen LogP contribution in [0.4, 0.5) is 10.5 Å². The number of hydrogen-bond acceptors (Lipinski definition) is 5. The molecule has 0 spiro atoms. The number of pyridine rings is 1. The van der Waals surface area contributed by atoms with Crippen LogP contribution in [0.2, 0.25) is 0 Å². The summed E-state index contributed by atoms with van der Waals surface area (Å²) < 4.78 is 4.80. The van der Waals surface area contributed by atoms with Crippen molar-refractivity contribution in [3.05, 3.63) is 52.4 Å². The molecular weight excluding hydrogens is 350 g/mol. The molecule has 1 aromatic heterocycles. The standard InChI is InChI=1S/C19H19N3O5/c1-3-27-16(24)11-21-15(23)10-22(19(21)26)17-14(9-12(2)20-18(17)25)13-7-5-4-6-8-13/h4-9H,3,10-11H2,1-2H3,(H,20,25). The van der Waals surface area contributed by atoms with Gasteiger partial charge in [-0.05, 0) is 25.5 Å². The minimum atomic E-state index is -0.723. The second-order valence-electron chi connectivity index (χ2n) is 6.06. The fraction of sp³-hybridized carbons (Fsp3) is 0.263. The highest BCUT2D eigenvalue weighted by Crippen LogP contribution is 2.30. The van der Waals surface area contributed by atoms with Crippen LogP contribution < -0.4 is 10.5 Å². The number of aromatic nitrogens is 1. The van der Waals surface area contributed by atoms with Crippen LogP contribution in [0.15, 0.2) is 41.2 Å². The largest absolute Gasteiger partial charge is 0.465 e. The Hall–Kier alpha value is -3.42. The van der Waals surface area contributed by atoms with Crippen molar-refractivity contribution in [2.24, 2.45) is 0 Å². The number of aromatic amines is 1. The summed E-state index contributed by atoms with van der Waals surface area (Å²) in [4.78, 5) is 53.9. The summed E-state index contributed by atoms with van der Waals surface area (Å²) in [7, 11) is 0. The van der Waals surface area contributed by atoms with Gasteiger partial charge in [-0.25, -0.2) is 4.79 Å². The van der Waals surface area contributed by atoms with E-state index in [-0.39, 0.29) is 18.8 Å². The monoisotopic (exact) mass is 369 g/mol. The van der Waals surface area contributed by atoms with Gasteiger partial charge in [0.05, 0.1) is 6.61 Å². The predicted molar refractivity (Wildman–Crippen MR) is 98.3 cm³/mol. The number of ether oxygens (including phenoxy) is 1. The van der Waals surface area contributed by atoms with E-state index in [1.165, 1.54) is 0 Å². The number of nitrogens with zero attached hydrogens (tertiary/aromatic N) is 2. The van der Waals surface area contributed by atoms with Crippen molar-refractivity contribution in [2.75, 3.05) is 24.6 Å². The van der Waals surface area contributed by atoms with Gasteiger partial charge in [0.1, 0.15) is 18.8 Å². The van der Waals surface area contributed by atoms with E-state index >= 15 is 0 Å². The third-order valence-electron chi connectivity index (χ3n) is 4.15. The molecule has 1 aromatic carbocycles. The Kier molecular flexibility index (Phi) is 5.07. The zero-order chi connectivity index (χ0) is 19.6. The minimum absolute atomic E-state index is 0.0801.